The highest BCUT2D eigenvalue weighted by Gasteiger charge is 2.11. The summed E-state index contributed by atoms with van der Waals surface area (Å²) < 4.78 is 16.0. The third-order valence-electron chi connectivity index (χ3n) is 4.17. The number of ether oxygens (including phenoxy) is 2. The molecule has 0 N–H and O–H groups in total. The first-order valence-electron chi connectivity index (χ1n) is 9.11. The van der Waals surface area contributed by atoms with Gasteiger partial charge in [0.05, 0.1) is 12.5 Å². The van der Waals surface area contributed by atoms with Crippen LogP contribution in [0.2, 0.25) is 0 Å². The third kappa shape index (κ3) is 9.47. The van der Waals surface area contributed by atoms with E-state index >= 15 is 0 Å². The summed E-state index contributed by atoms with van der Waals surface area (Å²) in [5.41, 5.74) is 5.26. The van der Waals surface area contributed by atoms with Gasteiger partial charge < -0.3 is 13.9 Å². The van der Waals surface area contributed by atoms with Gasteiger partial charge in [0.15, 0.2) is 6.29 Å². The zero-order valence-electron chi connectivity index (χ0n) is 16.5. The Morgan fingerprint density at radius 3 is 2.32 bits per heavy atom. The fraction of sp³-hybridized carbons (Fsp3) is 0.545. The maximum Gasteiger partial charge on any atom is 0.179 e. The highest BCUT2D eigenvalue weighted by molar-refractivity contribution is 5.12. The topological polar surface area (TPSA) is 31.6 Å². The van der Waals surface area contributed by atoms with Gasteiger partial charge in [0.25, 0.3) is 0 Å². The number of hydrogen-bond donors (Lipinski definition) is 0. The minimum absolute atomic E-state index is 0.260. The Kier molecular flexibility index (Phi) is 10.9. The fourth-order valence-electron chi connectivity index (χ4n) is 2.75. The number of rotatable bonds is 12. The van der Waals surface area contributed by atoms with Gasteiger partial charge in [-0.05, 0) is 76.5 Å². The Labute approximate surface area is 153 Å². The van der Waals surface area contributed by atoms with E-state index < -0.39 is 0 Å². The molecule has 0 atom stereocenters. The molecule has 25 heavy (non-hydrogen) atoms. The second kappa shape index (κ2) is 12.7. The lowest BCUT2D eigenvalue weighted by Crippen LogP contribution is -2.16. The monoisotopic (exact) mass is 346 g/mol. The van der Waals surface area contributed by atoms with Gasteiger partial charge in [0.1, 0.15) is 0 Å². The van der Waals surface area contributed by atoms with Crippen molar-refractivity contribution >= 4 is 0 Å². The van der Waals surface area contributed by atoms with Crippen molar-refractivity contribution in [3.63, 3.8) is 0 Å². The molecule has 140 valence electrons. The van der Waals surface area contributed by atoms with Gasteiger partial charge in [-0.15, -0.1) is 0 Å². The Hall–Kier alpha value is -1.58. The number of methoxy groups -OCH3 is 2. The van der Waals surface area contributed by atoms with Gasteiger partial charge in [0.2, 0.25) is 0 Å². The van der Waals surface area contributed by atoms with Gasteiger partial charge >= 0.3 is 0 Å². The molecular formula is C22H34O3. The van der Waals surface area contributed by atoms with Crippen LogP contribution in [0.15, 0.2) is 58.0 Å². The standard InChI is InChI=1S/C22H34O3/c1-18(2)9-6-10-19(3)11-7-13-21(22(23-4)24-5)14-8-12-20-15-16-25-17-20/h9,11,14-17,22H,6-8,10,12-13H2,1-5H3/b19-11+,21-14+. The van der Waals surface area contributed by atoms with Gasteiger partial charge in [0, 0.05) is 14.2 Å². The van der Waals surface area contributed by atoms with Crippen molar-refractivity contribution in [3.05, 3.63) is 59.1 Å². The number of hydrogen-bond acceptors (Lipinski definition) is 3. The van der Waals surface area contributed by atoms with Gasteiger partial charge in [-0.2, -0.15) is 0 Å². The molecule has 1 aromatic heterocycles. The fourth-order valence-corrected chi connectivity index (χ4v) is 2.75. The molecule has 0 aromatic carbocycles. The van der Waals surface area contributed by atoms with Crippen molar-refractivity contribution in [2.24, 2.45) is 0 Å². The Bertz CT molecular complexity index is 542. The van der Waals surface area contributed by atoms with Crippen LogP contribution < -0.4 is 0 Å². The van der Waals surface area contributed by atoms with Crippen molar-refractivity contribution in [1.29, 1.82) is 0 Å². The summed E-state index contributed by atoms with van der Waals surface area (Å²) in [4.78, 5) is 0. The molecule has 1 rings (SSSR count). The van der Waals surface area contributed by atoms with E-state index in [-0.39, 0.29) is 6.29 Å². The molecule has 0 saturated carbocycles. The summed E-state index contributed by atoms with van der Waals surface area (Å²) in [6.45, 7) is 6.51. The zero-order valence-corrected chi connectivity index (χ0v) is 16.5. The molecule has 0 fully saturated rings. The quantitative estimate of drug-likeness (QED) is 0.332. The van der Waals surface area contributed by atoms with Crippen molar-refractivity contribution in [2.75, 3.05) is 14.2 Å². The predicted molar refractivity (Wildman–Crippen MR) is 105 cm³/mol. The molecule has 3 nitrogen and oxygen atoms in total. The largest absolute Gasteiger partial charge is 0.472 e. The Morgan fingerprint density at radius 1 is 1.00 bits per heavy atom. The molecule has 0 amide bonds. The predicted octanol–water partition coefficient (Wildman–Crippen LogP) is 6.23. The lowest BCUT2D eigenvalue weighted by atomic mass is 10.0. The molecule has 0 spiro atoms. The van der Waals surface area contributed by atoms with Crippen LogP contribution in [0.3, 0.4) is 0 Å². The minimum Gasteiger partial charge on any atom is -0.472 e. The van der Waals surface area contributed by atoms with Crippen LogP contribution >= 0.6 is 0 Å². The Balaban J connectivity index is 2.53. The molecule has 0 radical (unpaired) electrons. The highest BCUT2D eigenvalue weighted by Crippen LogP contribution is 2.18. The van der Waals surface area contributed by atoms with Crippen LogP contribution in [0.25, 0.3) is 0 Å². The van der Waals surface area contributed by atoms with Crippen LogP contribution in [0.4, 0.5) is 0 Å². The number of allylic oxidation sites excluding steroid dienone is 5. The Morgan fingerprint density at radius 2 is 1.72 bits per heavy atom. The van der Waals surface area contributed by atoms with E-state index in [4.69, 9.17) is 13.9 Å². The summed E-state index contributed by atoms with van der Waals surface area (Å²) in [5, 5.41) is 0. The SMILES string of the molecule is COC(OC)/C(=C/CCc1ccoc1)CC/C=C(\C)CCC=C(C)C. The van der Waals surface area contributed by atoms with Gasteiger partial charge in [-0.1, -0.05) is 29.4 Å². The minimum atomic E-state index is -0.260. The van der Waals surface area contributed by atoms with E-state index in [1.807, 2.05) is 6.07 Å². The number of furan rings is 1. The molecule has 1 aromatic rings. The smallest absolute Gasteiger partial charge is 0.179 e. The summed E-state index contributed by atoms with van der Waals surface area (Å²) >= 11 is 0. The summed E-state index contributed by atoms with van der Waals surface area (Å²) in [6.07, 6.45) is 16.3. The third-order valence-corrected chi connectivity index (χ3v) is 4.17. The zero-order chi connectivity index (χ0) is 18.5. The van der Waals surface area contributed by atoms with Crippen LogP contribution in [0.5, 0.6) is 0 Å². The lowest BCUT2D eigenvalue weighted by molar-refractivity contribution is -0.0767. The summed E-state index contributed by atoms with van der Waals surface area (Å²) in [7, 11) is 3.39. The maximum absolute atomic E-state index is 5.46. The van der Waals surface area contributed by atoms with Crippen LogP contribution in [0.1, 0.15) is 58.4 Å². The molecule has 0 saturated heterocycles. The molecule has 0 aliphatic carbocycles. The molecule has 0 aliphatic rings. The van der Waals surface area contributed by atoms with Gasteiger partial charge in [-0.3, -0.25) is 0 Å². The van der Waals surface area contributed by atoms with E-state index in [0.717, 1.165) is 38.5 Å². The van der Waals surface area contributed by atoms with Crippen molar-refractivity contribution in [2.45, 2.75) is 65.6 Å². The van der Waals surface area contributed by atoms with Crippen LogP contribution in [-0.2, 0) is 15.9 Å². The second-order valence-electron chi connectivity index (χ2n) is 6.66. The summed E-state index contributed by atoms with van der Waals surface area (Å²) in [6, 6.07) is 2.01. The van der Waals surface area contributed by atoms with E-state index in [0.29, 0.717) is 0 Å². The first kappa shape index (κ1) is 21.5. The van der Waals surface area contributed by atoms with E-state index in [2.05, 4.69) is 39.0 Å². The normalized spacial score (nSPS) is 12.7. The van der Waals surface area contributed by atoms with Gasteiger partial charge in [-0.25, -0.2) is 0 Å². The average Bonchev–Trinajstić information content (AvgIpc) is 3.08. The first-order chi connectivity index (χ1) is 12.1. The average molecular weight is 347 g/mol. The van der Waals surface area contributed by atoms with E-state index in [9.17, 15) is 0 Å². The summed E-state index contributed by atoms with van der Waals surface area (Å²) in [5.74, 6) is 0. The van der Waals surface area contributed by atoms with Crippen molar-refractivity contribution in [3.8, 4) is 0 Å². The maximum atomic E-state index is 5.46. The molecule has 0 bridgehead atoms. The second-order valence-corrected chi connectivity index (χ2v) is 6.66. The van der Waals surface area contributed by atoms with Crippen molar-refractivity contribution < 1.29 is 13.9 Å². The number of aryl methyl sites for hydroxylation is 1. The van der Waals surface area contributed by atoms with Crippen LogP contribution in [-0.4, -0.2) is 20.5 Å². The van der Waals surface area contributed by atoms with Crippen LogP contribution in [0, 0.1) is 0 Å². The molecule has 3 heteroatoms. The lowest BCUT2D eigenvalue weighted by Gasteiger charge is -2.17. The molecular weight excluding hydrogens is 312 g/mol. The van der Waals surface area contributed by atoms with E-state index in [1.54, 1.807) is 26.7 Å². The van der Waals surface area contributed by atoms with E-state index in [1.165, 1.54) is 22.3 Å². The van der Waals surface area contributed by atoms with Crippen molar-refractivity contribution in [1.82, 2.24) is 0 Å². The molecule has 1 heterocycles. The molecule has 0 aliphatic heterocycles. The highest BCUT2D eigenvalue weighted by atomic mass is 16.7. The molecule has 0 unspecified atom stereocenters. The first-order valence-corrected chi connectivity index (χ1v) is 9.11.